The molecule has 1 unspecified atom stereocenters. The van der Waals surface area contributed by atoms with Gasteiger partial charge in [-0.15, -0.1) is 23.1 Å². The van der Waals surface area contributed by atoms with Crippen LogP contribution in [-0.2, 0) is 4.74 Å². The number of alkyl halides is 2. The lowest BCUT2D eigenvalue weighted by Gasteiger charge is -2.14. The molecule has 0 fully saturated rings. The highest BCUT2D eigenvalue weighted by Crippen LogP contribution is 2.40. The molecule has 0 radical (unpaired) electrons. The second-order valence-electron chi connectivity index (χ2n) is 5.12. The minimum atomic E-state index is -2.75. The third-order valence-electron chi connectivity index (χ3n) is 3.22. The SMILES string of the molecule is C=C(/C=C(\SC)Sc1ccc(C(=C)OC(N)C(F)F)s1)c1ccccc1. The van der Waals surface area contributed by atoms with Crippen molar-refractivity contribution >= 4 is 46.2 Å². The smallest absolute Gasteiger partial charge is 0.288 e. The number of thiophene rings is 1. The Kier molecular flexibility index (Phi) is 7.96. The van der Waals surface area contributed by atoms with E-state index in [1.165, 1.54) is 11.3 Å². The van der Waals surface area contributed by atoms with Crippen molar-refractivity contribution in [1.82, 2.24) is 0 Å². The fourth-order valence-corrected chi connectivity index (χ4v) is 4.82. The molecule has 0 spiro atoms. The first-order valence-corrected chi connectivity index (χ1v) is 10.4. The second-order valence-corrected chi connectivity index (χ2v) is 8.65. The molecule has 0 aliphatic carbocycles. The first kappa shape index (κ1) is 20.8. The van der Waals surface area contributed by atoms with Crippen molar-refractivity contribution in [2.45, 2.75) is 16.9 Å². The molecule has 1 atom stereocenters. The highest BCUT2D eigenvalue weighted by atomic mass is 32.2. The van der Waals surface area contributed by atoms with Crippen molar-refractivity contribution in [2.75, 3.05) is 6.26 Å². The second kappa shape index (κ2) is 9.97. The van der Waals surface area contributed by atoms with Gasteiger partial charge in [0.15, 0.2) is 0 Å². The normalized spacial score (nSPS) is 12.9. The Balaban J connectivity index is 2.05. The van der Waals surface area contributed by atoms with Gasteiger partial charge < -0.3 is 4.74 Å². The van der Waals surface area contributed by atoms with Gasteiger partial charge >= 0.3 is 0 Å². The van der Waals surface area contributed by atoms with Crippen LogP contribution in [0.15, 0.2) is 70.1 Å². The molecular weight excluding hydrogens is 392 g/mol. The molecule has 2 N–H and O–H groups in total. The minimum Gasteiger partial charge on any atom is -0.469 e. The van der Waals surface area contributed by atoms with Gasteiger partial charge in [0.05, 0.1) is 9.09 Å². The molecule has 0 saturated heterocycles. The zero-order chi connectivity index (χ0) is 19.1. The molecule has 0 saturated carbocycles. The number of allylic oxidation sites excluding steroid dienone is 2. The summed E-state index contributed by atoms with van der Waals surface area (Å²) in [7, 11) is 0. The summed E-state index contributed by atoms with van der Waals surface area (Å²) < 4.78 is 32.0. The molecule has 2 rings (SSSR count). The van der Waals surface area contributed by atoms with Crippen LogP contribution in [0.25, 0.3) is 11.3 Å². The summed E-state index contributed by atoms with van der Waals surface area (Å²) in [6.07, 6.45) is -0.399. The zero-order valence-corrected chi connectivity index (χ0v) is 16.6. The highest BCUT2D eigenvalue weighted by molar-refractivity contribution is 8.22. The Morgan fingerprint density at radius 3 is 2.50 bits per heavy atom. The van der Waals surface area contributed by atoms with Crippen molar-refractivity contribution < 1.29 is 13.5 Å². The molecule has 7 heteroatoms. The van der Waals surface area contributed by atoms with E-state index >= 15 is 0 Å². The van der Waals surface area contributed by atoms with Crippen molar-refractivity contribution in [3.63, 3.8) is 0 Å². The molecule has 1 aromatic carbocycles. The monoisotopic (exact) mass is 411 g/mol. The summed E-state index contributed by atoms with van der Waals surface area (Å²) in [5, 5.41) is 0. The van der Waals surface area contributed by atoms with Crippen molar-refractivity contribution in [2.24, 2.45) is 5.73 Å². The first-order chi connectivity index (χ1) is 12.4. The molecule has 138 valence electrons. The Morgan fingerprint density at radius 2 is 1.88 bits per heavy atom. The summed E-state index contributed by atoms with van der Waals surface area (Å²) in [5.41, 5.74) is 7.21. The number of ether oxygens (including phenoxy) is 1. The van der Waals surface area contributed by atoms with E-state index in [4.69, 9.17) is 10.5 Å². The number of rotatable bonds is 9. The van der Waals surface area contributed by atoms with Gasteiger partial charge in [-0.05, 0) is 35.6 Å². The van der Waals surface area contributed by atoms with Gasteiger partial charge in [-0.3, -0.25) is 5.73 Å². The van der Waals surface area contributed by atoms with Crippen LogP contribution in [0, 0.1) is 0 Å². The maximum atomic E-state index is 12.5. The third-order valence-corrected chi connectivity index (χ3v) is 6.57. The Bertz CT molecular complexity index is 787. The molecule has 1 aromatic heterocycles. The number of thioether (sulfide) groups is 2. The van der Waals surface area contributed by atoms with Crippen molar-refractivity contribution in [1.29, 1.82) is 0 Å². The van der Waals surface area contributed by atoms with Gasteiger partial charge in [-0.1, -0.05) is 55.3 Å². The van der Waals surface area contributed by atoms with E-state index in [-0.39, 0.29) is 5.76 Å². The predicted molar refractivity (Wildman–Crippen MR) is 111 cm³/mol. The first-order valence-electron chi connectivity index (χ1n) is 7.58. The van der Waals surface area contributed by atoms with Gasteiger partial charge in [0.1, 0.15) is 5.76 Å². The van der Waals surface area contributed by atoms with Crippen LogP contribution < -0.4 is 5.73 Å². The lowest BCUT2D eigenvalue weighted by atomic mass is 10.1. The molecule has 1 heterocycles. The maximum absolute atomic E-state index is 12.5. The average molecular weight is 412 g/mol. The van der Waals surface area contributed by atoms with Gasteiger partial charge in [0, 0.05) is 4.24 Å². The van der Waals surface area contributed by atoms with E-state index in [2.05, 4.69) is 13.2 Å². The maximum Gasteiger partial charge on any atom is 0.288 e. The fourth-order valence-electron chi connectivity index (χ4n) is 1.91. The van der Waals surface area contributed by atoms with Crippen LogP contribution >= 0.6 is 34.9 Å². The molecule has 26 heavy (non-hydrogen) atoms. The quantitative estimate of drug-likeness (QED) is 0.227. The van der Waals surface area contributed by atoms with E-state index in [9.17, 15) is 8.78 Å². The molecule has 2 nitrogen and oxygen atoms in total. The van der Waals surface area contributed by atoms with E-state index < -0.39 is 12.7 Å². The Hall–Kier alpha value is -1.54. The number of nitrogens with two attached hydrogens (primary N) is 1. The van der Waals surface area contributed by atoms with Crippen molar-refractivity contribution in [3.8, 4) is 0 Å². The molecule has 0 amide bonds. The van der Waals surface area contributed by atoms with Gasteiger partial charge in [0.25, 0.3) is 6.43 Å². The topological polar surface area (TPSA) is 35.2 Å². The lowest BCUT2D eigenvalue weighted by Crippen LogP contribution is -2.30. The van der Waals surface area contributed by atoms with Crippen LogP contribution in [0.1, 0.15) is 10.4 Å². The van der Waals surface area contributed by atoms with Crippen LogP contribution in [0.5, 0.6) is 0 Å². The molecule has 0 bridgehead atoms. The van der Waals surface area contributed by atoms with E-state index in [0.717, 1.165) is 19.6 Å². The van der Waals surface area contributed by atoms with Crippen molar-refractivity contribution in [3.05, 3.63) is 76.4 Å². The third kappa shape index (κ3) is 6.02. The molecule has 0 aliphatic heterocycles. The van der Waals surface area contributed by atoms with Crippen LogP contribution in [0.2, 0.25) is 0 Å². The van der Waals surface area contributed by atoms with Gasteiger partial charge in [-0.25, -0.2) is 8.78 Å². The summed E-state index contributed by atoms with van der Waals surface area (Å²) in [4.78, 5) is 0.672. The predicted octanol–water partition coefficient (Wildman–Crippen LogP) is 6.30. The Morgan fingerprint density at radius 1 is 1.19 bits per heavy atom. The minimum absolute atomic E-state index is 0.151. The van der Waals surface area contributed by atoms with Gasteiger partial charge in [-0.2, -0.15) is 0 Å². The lowest BCUT2D eigenvalue weighted by molar-refractivity contribution is 0.000350. The van der Waals surface area contributed by atoms with E-state index in [1.807, 2.05) is 48.7 Å². The summed E-state index contributed by atoms with van der Waals surface area (Å²) >= 11 is 4.61. The molecular formula is C19H19F2NOS3. The molecule has 2 aromatic rings. The number of hydrogen-bond donors (Lipinski definition) is 1. The number of benzene rings is 1. The standard InChI is InChI=1S/C19H19F2NOS3/c1-12(14-7-5-4-6-8-14)11-17(24-3)26-16-10-9-15(25-16)13(2)23-19(22)18(20)21/h4-11,18-19H,1-2,22H2,3H3/b17-11+. The van der Waals surface area contributed by atoms with Crippen LogP contribution in [-0.4, -0.2) is 18.9 Å². The zero-order valence-electron chi connectivity index (χ0n) is 14.2. The fraction of sp³-hybridized carbons (Fsp3) is 0.158. The summed E-state index contributed by atoms with van der Waals surface area (Å²) in [6, 6.07) is 13.6. The summed E-state index contributed by atoms with van der Waals surface area (Å²) in [6.45, 7) is 7.80. The number of hydrogen-bond acceptors (Lipinski definition) is 5. The number of halogens is 2. The Labute approximate surface area is 164 Å². The highest BCUT2D eigenvalue weighted by Gasteiger charge is 2.18. The van der Waals surface area contributed by atoms with E-state index in [1.54, 1.807) is 29.6 Å². The average Bonchev–Trinajstić information content (AvgIpc) is 3.10. The largest absolute Gasteiger partial charge is 0.469 e. The van der Waals surface area contributed by atoms with Gasteiger partial charge in [0.2, 0.25) is 6.23 Å². The molecule has 0 aliphatic rings. The van der Waals surface area contributed by atoms with E-state index in [0.29, 0.717) is 4.88 Å². The van der Waals surface area contributed by atoms with Crippen LogP contribution in [0.3, 0.4) is 0 Å². The summed E-state index contributed by atoms with van der Waals surface area (Å²) in [5.74, 6) is 0.151. The van der Waals surface area contributed by atoms with Crippen LogP contribution in [0.4, 0.5) is 8.78 Å².